The van der Waals surface area contributed by atoms with Crippen LogP contribution >= 0.6 is 0 Å². The van der Waals surface area contributed by atoms with Gasteiger partial charge in [-0.1, -0.05) is 6.07 Å². The minimum atomic E-state index is -4.88. The molecule has 1 rings (SSSR count). The topological polar surface area (TPSA) is 141 Å². The number of hydrogen-bond acceptors (Lipinski definition) is 6. The maximum Gasteiger partial charge on any atom is 0.366 e. The van der Waals surface area contributed by atoms with Crippen molar-refractivity contribution < 1.29 is 22.8 Å². The van der Waals surface area contributed by atoms with Crippen LogP contribution in [0.2, 0.25) is 0 Å². The molecule has 0 saturated carbocycles. The summed E-state index contributed by atoms with van der Waals surface area (Å²) >= 11 is 0. The average molecular weight is 271 g/mol. The maximum absolute atomic E-state index is 10.8. The Bertz CT molecular complexity index is 570. The fourth-order valence-corrected chi connectivity index (χ4v) is 1.72. The summed E-state index contributed by atoms with van der Waals surface area (Å²) in [6.07, 6.45) is 0. The van der Waals surface area contributed by atoms with E-state index in [1.54, 1.807) is 0 Å². The van der Waals surface area contributed by atoms with Crippen LogP contribution in [0, 0.1) is 20.2 Å². The van der Waals surface area contributed by atoms with Gasteiger partial charge in [0.05, 0.1) is 9.85 Å². The van der Waals surface area contributed by atoms with Crippen LogP contribution in [0.5, 0.6) is 0 Å². The summed E-state index contributed by atoms with van der Waals surface area (Å²) in [5, 5.41) is 20.9. The van der Waals surface area contributed by atoms with Gasteiger partial charge in [0.1, 0.15) is 0 Å². The molecule has 1 radical (unpaired) electrons. The number of nitrogens with zero attached hydrogens (tertiary/aromatic N) is 2. The summed E-state index contributed by atoms with van der Waals surface area (Å²) in [6.45, 7) is 0. The van der Waals surface area contributed by atoms with Crippen molar-refractivity contribution in [3.8, 4) is 0 Å². The standard InChI is InChI=1S/C6H4N2O7S.Na/c9-7(10)4-2-1-3-5(16(13,14)15)6(4)8(11)12;/h1-3H,(H,13,14,15);. The van der Waals surface area contributed by atoms with Crippen LogP contribution in [0.3, 0.4) is 0 Å². The summed E-state index contributed by atoms with van der Waals surface area (Å²) in [6, 6.07) is 2.40. The van der Waals surface area contributed by atoms with E-state index in [9.17, 15) is 28.6 Å². The van der Waals surface area contributed by atoms with Gasteiger partial charge in [0.2, 0.25) is 0 Å². The molecule has 87 valence electrons. The van der Waals surface area contributed by atoms with Crippen LogP contribution in [-0.2, 0) is 10.1 Å². The van der Waals surface area contributed by atoms with E-state index in [2.05, 4.69) is 0 Å². The third-order valence-electron chi connectivity index (χ3n) is 1.63. The van der Waals surface area contributed by atoms with Gasteiger partial charge in [-0.2, -0.15) is 8.42 Å². The van der Waals surface area contributed by atoms with E-state index >= 15 is 0 Å². The Hall–Kier alpha value is -1.07. The van der Waals surface area contributed by atoms with Gasteiger partial charge in [0.15, 0.2) is 4.90 Å². The van der Waals surface area contributed by atoms with Crippen molar-refractivity contribution in [1.29, 1.82) is 0 Å². The minimum Gasteiger partial charge on any atom is -0.282 e. The third kappa shape index (κ3) is 3.44. The first kappa shape index (κ1) is 15.9. The molecule has 0 amide bonds. The van der Waals surface area contributed by atoms with E-state index < -0.39 is 36.2 Å². The number of nitro benzene ring substituents is 2. The molecule has 0 saturated heterocycles. The molecule has 1 N–H and O–H groups in total. The smallest absolute Gasteiger partial charge is 0.282 e. The molecule has 0 heterocycles. The molecule has 1 aromatic carbocycles. The number of benzene rings is 1. The van der Waals surface area contributed by atoms with Crippen LogP contribution in [-0.4, -0.2) is 52.4 Å². The van der Waals surface area contributed by atoms with Crippen LogP contribution in [0.25, 0.3) is 0 Å². The van der Waals surface area contributed by atoms with Gasteiger partial charge in [-0.3, -0.25) is 24.8 Å². The molecular weight excluding hydrogens is 267 g/mol. The molecule has 0 aliphatic carbocycles. The Morgan fingerprint density at radius 3 is 2.00 bits per heavy atom. The van der Waals surface area contributed by atoms with Gasteiger partial charge >= 0.3 is 21.5 Å². The van der Waals surface area contributed by atoms with Crippen molar-refractivity contribution in [1.82, 2.24) is 0 Å². The van der Waals surface area contributed by atoms with Crippen LogP contribution in [0.4, 0.5) is 11.4 Å². The van der Waals surface area contributed by atoms with Crippen molar-refractivity contribution in [3.05, 3.63) is 38.4 Å². The van der Waals surface area contributed by atoms with Crippen molar-refractivity contribution in [3.63, 3.8) is 0 Å². The Balaban J connectivity index is 0.00000256. The Morgan fingerprint density at radius 2 is 1.65 bits per heavy atom. The normalized spacial score (nSPS) is 10.4. The zero-order chi connectivity index (χ0) is 12.5. The van der Waals surface area contributed by atoms with Gasteiger partial charge in [0, 0.05) is 35.6 Å². The second-order valence-corrected chi connectivity index (χ2v) is 4.00. The number of nitro groups is 2. The third-order valence-corrected chi connectivity index (χ3v) is 2.52. The van der Waals surface area contributed by atoms with Crippen molar-refractivity contribution in [2.24, 2.45) is 0 Å². The fourth-order valence-electron chi connectivity index (χ4n) is 1.05. The Kier molecular flexibility index (Phi) is 5.16. The molecule has 0 atom stereocenters. The molecule has 0 aliphatic rings. The number of hydrogen-bond donors (Lipinski definition) is 1. The SMILES string of the molecule is O=[N+]([O-])c1cccc(S(=O)(=O)O)c1[N+](=O)[O-].[Na]. The summed E-state index contributed by atoms with van der Waals surface area (Å²) in [7, 11) is -4.88. The number of para-hydroxylation sites is 1. The molecule has 1 aromatic rings. The molecule has 17 heavy (non-hydrogen) atoms. The Labute approximate surface area is 117 Å². The summed E-state index contributed by atoms with van der Waals surface area (Å²) in [5.74, 6) is 0. The Morgan fingerprint density at radius 1 is 1.12 bits per heavy atom. The molecular formula is C6H4N2NaO7S. The monoisotopic (exact) mass is 271 g/mol. The average Bonchev–Trinajstić information content (AvgIpc) is 2.14. The van der Waals surface area contributed by atoms with Gasteiger partial charge in [-0.15, -0.1) is 0 Å². The van der Waals surface area contributed by atoms with Gasteiger partial charge < -0.3 is 0 Å². The fraction of sp³-hybridized carbons (Fsp3) is 0. The van der Waals surface area contributed by atoms with E-state index in [1.807, 2.05) is 0 Å². The molecule has 11 heteroatoms. The number of rotatable bonds is 3. The summed E-state index contributed by atoms with van der Waals surface area (Å²) in [5.41, 5.74) is -2.25. The first-order valence-corrected chi connectivity index (χ1v) is 5.08. The summed E-state index contributed by atoms with van der Waals surface area (Å²) in [4.78, 5) is 17.5. The van der Waals surface area contributed by atoms with Crippen LogP contribution < -0.4 is 0 Å². The molecule has 0 fully saturated rings. The second kappa shape index (κ2) is 5.51. The van der Waals surface area contributed by atoms with Gasteiger partial charge in [-0.25, -0.2) is 0 Å². The van der Waals surface area contributed by atoms with E-state index in [4.69, 9.17) is 4.55 Å². The zero-order valence-electron chi connectivity index (χ0n) is 8.43. The van der Waals surface area contributed by atoms with Crippen molar-refractivity contribution in [2.75, 3.05) is 0 Å². The van der Waals surface area contributed by atoms with Crippen molar-refractivity contribution >= 4 is 51.1 Å². The first-order valence-electron chi connectivity index (χ1n) is 3.64. The molecule has 0 aliphatic heterocycles. The first-order chi connectivity index (χ1) is 7.25. The van der Waals surface area contributed by atoms with Gasteiger partial charge in [-0.05, 0) is 6.07 Å². The van der Waals surface area contributed by atoms with Gasteiger partial charge in [0.25, 0.3) is 0 Å². The van der Waals surface area contributed by atoms with Crippen molar-refractivity contribution in [2.45, 2.75) is 4.90 Å². The van der Waals surface area contributed by atoms with E-state index in [0.717, 1.165) is 12.1 Å². The molecule has 0 aromatic heterocycles. The summed E-state index contributed by atoms with van der Waals surface area (Å²) < 4.78 is 30.2. The van der Waals surface area contributed by atoms with Crippen LogP contribution in [0.1, 0.15) is 0 Å². The largest absolute Gasteiger partial charge is 0.366 e. The van der Waals surface area contributed by atoms with Crippen LogP contribution in [0.15, 0.2) is 23.1 Å². The quantitative estimate of drug-likeness (QED) is 0.362. The molecule has 0 spiro atoms. The van der Waals surface area contributed by atoms with E-state index in [-0.39, 0.29) is 29.6 Å². The predicted molar refractivity (Wildman–Crippen MR) is 55.3 cm³/mol. The molecule has 9 nitrogen and oxygen atoms in total. The maximum atomic E-state index is 10.8. The minimum absolute atomic E-state index is 0. The van der Waals surface area contributed by atoms with E-state index in [0.29, 0.717) is 6.07 Å². The molecule has 0 bridgehead atoms. The molecule has 0 unspecified atom stereocenters. The second-order valence-electron chi connectivity index (χ2n) is 2.61. The predicted octanol–water partition coefficient (Wildman–Crippen LogP) is 0.369. The zero-order valence-corrected chi connectivity index (χ0v) is 11.2. The van der Waals surface area contributed by atoms with E-state index in [1.165, 1.54) is 0 Å².